The van der Waals surface area contributed by atoms with Crippen molar-refractivity contribution in [3.05, 3.63) is 82.5 Å². The minimum atomic E-state index is -0.273. The Morgan fingerprint density at radius 1 is 1.00 bits per heavy atom. The largest absolute Gasteiger partial charge is 0.340 e. The fraction of sp³-hybridized carbons (Fsp3) is 0.280. The van der Waals surface area contributed by atoms with E-state index in [-0.39, 0.29) is 17.3 Å². The third-order valence-electron chi connectivity index (χ3n) is 5.99. The van der Waals surface area contributed by atoms with Crippen LogP contribution < -0.4 is 5.56 Å². The summed E-state index contributed by atoms with van der Waals surface area (Å²) in [4.78, 5) is 36.5. The van der Waals surface area contributed by atoms with Crippen LogP contribution in [0.2, 0.25) is 0 Å². The first-order valence-electron chi connectivity index (χ1n) is 11.1. The molecule has 0 saturated carbocycles. The second kappa shape index (κ2) is 9.38. The first-order valence-corrected chi connectivity index (χ1v) is 11.1. The van der Waals surface area contributed by atoms with E-state index in [9.17, 15) is 9.59 Å². The van der Waals surface area contributed by atoms with Crippen molar-refractivity contribution < 1.29 is 9.32 Å². The molecule has 0 aliphatic carbocycles. The first kappa shape index (κ1) is 21.1. The Bertz CT molecular complexity index is 1310. The number of rotatable bonds is 6. The molecule has 2 aromatic heterocycles. The molecule has 2 aromatic carbocycles. The predicted molar refractivity (Wildman–Crippen MR) is 124 cm³/mol. The zero-order valence-corrected chi connectivity index (χ0v) is 18.2. The summed E-state index contributed by atoms with van der Waals surface area (Å²) in [7, 11) is 0. The molecule has 3 heterocycles. The summed E-state index contributed by atoms with van der Waals surface area (Å²) in [5.74, 6) is 0.672. The lowest BCUT2D eigenvalue weighted by molar-refractivity contribution is -0.133. The molecule has 1 amide bonds. The SMILES string of the molecule is O=C(CCc1nc(-c2cc3ccccc3[nH]c2=O)no1)N1CCN(Cc2ccccc2)CC1. The van der Waals surface area contributed by atoms with Crippen molar-refractivity contribution in [2.45, 2.75) is 19.4 Å². The average molecular weight is 444 g/mol. The van der Waals surface area contributed by atoms with Crippen molar-refractivity contribution in [1.29, 1.82) is 0 Å². The van der Waals surface area contributed by atoms with Gasteiger partial charge in [0.15, 0.2) is 0 Å². The molecule has 1 aliphatic heterocycles. The molecular formula is C25H25N5O3. The Kier molecular flexibility index (Phi) is 5.99. The van der Waals surface area contributed by atoms with E-state index in [1.807, 2.05) is 47.4 Å². The molecule has 168 valence electrons. The number of aromatic nitrogens is 3. The van der Waals surface area contributed by atoms with Crippen molar-refractivity contribution in [2.24, 2.45) is 0 Å². The Morgan fingerprint density at radius 2 is 1.76 bits per heavy atom. The quantitative estimate of drug-likeness (QED) is 0.492. The topological polar surface area (TPSA) is 95.3 Å². The molecule has 1 fully saturated rings. The van der Waals surface area contributed by atoms with Gasteiger partial charge < -0.3 is 14.4 Å². The van der Waals surface area contributed by atoms with Crippen LogP contribution in [0.15, 0.2) is 70.0 Å². The van der Waals surface area contributed by atoms with Crippen molar-refractivity contribution in [3.8, 4) is 11.4 Å². The van der Waals surface area contributed by atoms with Gasteiger partial charge in [0.1, 0.15) is 0 Å². The van der Waals surface area contributed by atoms with Crippen molar-refractivity contribution in [3.63, 3.8) is 0 Å². The molecule has 8 heteroatoms. The second-order valence-corrected chi connectivity index (χ2v) is 8.25. The number of benzene rings is 2. The number of nitrogens with one attached hydrogen (secondary N) is 1. The van der Waals surface area contributed by atoms with Crippen LogP contribution in [0, 0.1) is 0 Å². The van der Waals surface area contributed by atoms with Gasteiger partial charge in [-0.2, -0.15) is 4.98 Å². The summed E-state index contributed by atoms with van der Waals surface area (Å²) in [6.07, 6.45) is 0.649. The highest BCUT2D eigenvalue weighted by Crippen LogP contribution is 2.18. The van der Waals surface area contributed by atoms with E-state index in [1.165, 1.54) is 5.56 Å². The van der Waals surface area contributed by atoms with Gasteiger partial charge in [-0.25, -0.2) is 0 Å². The number of carbonyl (C=O) groups excluding carboxylic acids is 1. The first-order chi connectivity index (χ1) is 16.2. The van der Waals surface area contributed by atoms with Gasteiger partial charge in [0, 0.05) is 51.1 Å². The maximum absolute atomic E-state index is 12.7. The molecule has 0 radical (unpaired) electrons. The van der Waals surface area contributed by atoms with Crippen LogP contribution in [0.5, 0.6) is 0 Å². The van der Waals surface area contributed by atoms with Gasteiger partial charge in [0.2, 0.25) is 17.6 Å². The molecule has 1 N–H and O–H groups in total. The lowest BCUT2D eigenvalue weighted by Gasteiger charge is -2.34. The number of H-pyrrole nitrogens is 1. The smallest absolute Gasteiger partial charge is 0.259 e. The van der Waals surface area contributed by atoms with E-state index in [2.05, 4.69) is 32.2 Å². The minimum Gasteiger partial charge on any atom is -0.340 e. The summed E-state index contributed by atoms with van der Waals surface area (Å²) < 4.78 is 5.31. The van der Waals surface area contributed by atoms with E-state index < -0.39 is 0 Å². The standard InChI is InChI=1S/C25H25N5O3/c31-23(30-14-12-29(13-15-30)17-18-6-2-1-3-7-18)11-10-22-27-24(28-33-22)20-16-19-8-4-5-9-21(19)26-25(20)32/h1-9,16H,10-15,17H2,(H,26,32). The van der Waals surface area contributed by atoms with E-state index in [0.29, 0.717) is 37.4 Å². The molecule has 5 rings (SSSR count). The Morgan fingerprint density at radius 3 is 2.58 bits per heavy atom. The maximum Gasteiger partial charge on any atom is 0.259 e. The number of carbonyl (C=O) groups is 1. The summed E-state index contributed by atoms with van der Waals surface area (Å²) >= 11 is 0. The number of aromatic amines is 1. The van der Waals surface area contributed by atoms with Gasteiger partial charge in [0.05, 0.1) is 5.56 Å². The van der Waals surface area contributed by atoms with Crippen LogP contribution >= 0.6 is 0 Å². The second-order valence-electron chi connectivity index (χ2n) is 8.25. The summed E-state index contributed by atoms with van der Waals surface area (Å²) in [6, 6.07) is 19.6. The van der Waals surface area contributed by atoms with E-state index in [0.717, 1.165) is 30.5 Å². The highest BCUT2D eigenvalue weighted by Gasteiger charge is 2.22. The number of nitrogens with zero attached hydrogens (tertiary/aromatic N) is 4. The van der Waals surface area contributed by atoms with Gasteiger partial charge in [-0.15, -0.1) is 0 Å². The number of hydrogen-bond donors (Lipinski definition) is 1. The number of para-hydroxylation sites is 1. The number of piperazine rings is 1. The fourth-order valence-corrected chi connectivity index (χ4v) is 4.15. The van der Waals surface area contributed by atoms with Crippen molar-refractivity contribution in [2.75, 3.05) is 26.2 Å². The number of fused-ring (bicyclic) bond motifs is 1. The summed E-state index contributed by atoms with van der Waals surface area (Å²) in [5, 5.41) is 4.85. The molecule has 0 unspecified atom stereocenters. The highest BCUT2D eigenvalue weighted by molar-refractivity contribution is 5.82. The highest BCUT2D eigenvalue weighted by atomic mass is 16.5. The molecule has 33 heavy (non-hydrogen) atoms. The fourth-order valence-electron chi connectivity index (χ4n) is 4.15. The molecule has 0 atom stereocenters. The Hall–Kier alpha value is -3.78. The third kappa shape index (κ3) is 4.85. The molecule has 1 saturated heterocycles. The van der Waals surface area contributed by atoms with E-state index in [4.69, 9.17) is 4.52 Å². The van der Waals surface area contributed by atoms with Crippen LogP contribution in [0.25, 0.3) is 22.3 Å². The molecule has 8 nitrogen and oxygen atoms in total. The lowest BCUT2D eigenvalue weighted by Crippen LogP contribution is -2.48. The van der Waals surface area contributed by atoms with Crippen LogP contribution in [0.4, 0.5) is 0 Å². The maximum atomic E-state index is 12.7. The van der Waals surface area contributed by atoms with Gasteiger partial charge in [0.25, 0.3) is 5.56 Å². The zero-order valence-electron chi connectivity index (χ0n) is 18.2. The Labute approximate surface area is 190 Å². The van der Waals surface area contributed by atoms with Crippen LogP contribution in [0.3, 0.4) is 0 Å². The molecule has 4 aromatic rings. The molecule has 1 aliphatic rings. The van der Waals surface area contributed by atoms with Crippen LogP contribution in [-0.2, 0) is 17.8 Å². The average Bonchev–Trinajstić information content (AvgIpc) is 3.32. The van der Waals surface area contributed by atoms with Crippen LogP contribution in [0.1, 0.15) is 17.9 Å². The number of pyridine rings is 1. The molecule has 0 spiro atoms. The van der Waals surface area contributed by atoms with E-state index >= 15 is 0 Å². The normalized spacial score (nSPS) is 14.6. The monoisotopic (exact) mass is 443 g/mol. The van der Waals surface area contributed by atoms with Gasteiger partial charge in [-0.3, -0.25) is 14.5 Å². The predicted octanol–water partition coefficient (Wildman–Crippen LogP) is 2.86. The van der Waals surface area contributed by atoms with Crippen molar-refractivity contribution in [1.82, 2.24) is 24.9 Å². The number of aryl methyl sites for hydroxylation is 1. The number of amides is 1. The minimum absolute atomic E-state index is 0.0812. The number of hydrogen-bond acceptors (Lipinski definition) is 6. The van der Waals surface area contributed by atoms with E-state index in [1.54, 1.807) is 6.07 Å². The van der Waals surface area contributed by atoms with Gasteiger partial charge in [-0.1, -0.05) is 53.7 Å². The third-order valence-corrected chi connectivity index (χ3v) is 5.99. The zero-order chi connectivity index (χ0) is 22.6. The van der Waals surface area contributed by atoms with Crippen LogP contribution in [-0.4, -0.2) is 57.0 Å². The van der Waals surface area contributed by atoms with Crippen molar-refractivity contribution >= 4 is 16.8 Å². The summed E-state index contributed by atoms with van der Waals surface area (Å²) in [6.45, 7) is 4.05. The summed E-state index contributed by atoms with van der Waals surface area (Å²) in [5.41, 5.74) is 2.12. The lowest BCUT2D eigenvalue weighted by atomic mass is 10.1. The molecular weight excluding hydrogens is 418 g/mol. The van der Waals surface area contributed by atoms with Gasteiger partial charge in [-0.05, 0) is 23.1 Å². The molecule has 0 bridgehead atoms. The van der Waals surface area contributed by atoms with Gasteiger partial charge >= 0.3 is 0 Å². The Balaban J connectivity index is 1.16.